The summed E-state index contributed by atoms with van der Waals surface area (Å²) in [6, 6.07) is 15.1. The fourth-order valence-corrected chi connectivity index (χ4v) is 4.38. The van der Waals surface area contributed by atoms with Gasteiger partial charge in [0.25, 0.3) is 5.78 Å². The first-order valence-corrected chi connectivity index (χ1v) is 10.2. The van der Waals surface area contributed by atoms with E-state index >= 15 is 0 Å². The van der Waals surface area contributed by atoms with Crippen molar-refractivity contribution in [1.29, 1.82) is 0 Å². The lowest BCUT2D eigenvalue weighted by molar-refractivity contribution is -0.132. The van der Waals surface area contributed by atoms with Crippen LogP contribution in [0.5, 0.6) is 5.75 Å². The van der Waals surface area contributed by atoms with Crippen molar-refractivity contribution in [2.24, 2.45) is 0 Å². The zero-order valence-corrected chi connectivity index (χ0v) is 17.6. The summed E-state index contributed by atoms with van der Waals surface area (Å²) < 4.78 is 5.16. The molecule has 1 aliphatic rings. The summed E-state index contributed by atoms with van der Waals surface area (Å²) in [6.45, 7) is 3.78. The van der Waals surface area contributed by atoms with Gasteiger partial charge in [0, 0.05) is 10.4 Å². The van der Waals surface area contributed by atoms with Gasteiger partial charge in [0.05, 0.1) is 24.4 Å². The summed E-state index contributed by atoms with van der Waals surface area (Å²) in [6.07, 6.45) is 0. The van der Waals surface area contributed by atoms with E-state index in [1.165, 1.54) is 16.2 Å². The number of methoxy groups -OCH3 is 1. The lowest BCUT2D eigenvalue weighted by Crippen LogP contribution is -2.29. The molecular formula is C23H20N2O4S. The number of rotatable bonds is 4. The van der Waals surface area contributed by atoms with Crippen LogP contribution in [-0.4, -0.2) is 28.9 Å². The first-order chi connectivity index (χ1) is 14.4. The van der Waals surface area contributed by atoms with Crippen molar-refractivity contribution in [2.45, 2.75) is 19.9 Å². The van der Waals surface area contributed by atoms with Crippen molar-refractivity contribution in [1.82, 2.24) is 4.98 Å². The highest BCUT2D eigenvalue weighted by Gasteiger charge is 2.48. The Balaban J connectivity index is 1.91. The Hall–Kier alpha value is -3.45. The van der Waals surface area contributed by atoms with Crippen LogP contribution in [0.4, 0.5) is 5.13 Å². The minimum Gasteiger partial charge on any atom is -0.507 e. The van der Waals surface area contributed by atoms with Crippen LogP contribution in [0, 0.1) is 13.8 Å². The standard InChI is InChI=1S/C23H20N2O4S/c1-13-14(2)30-23(24-13)25-19(15-7-5-4-6-8-15)18(21(27)22(25)28)20(26)16-9-11-17(29-3)12-10-16/h4-12,19,26H,1-3H3/b20-18+/t19-/m0/s1. The number of carbonyl (C=O) groups is 2. The average Bonchev–Trinajstić information content (AvgIpc) is 3.24. The quantitative estimate of drug-likeness (QED) is 0.385. The number of aryl methyl sites for hydroxylation is 2. The molecule has 0 bridgehead atoms. The number of aromatic nitrogens is 1. The van der Waals surface area contributed by atoms with Crippen LogP contribution in [0.15, 0.2) is 60.2 Å². The molecule has 4 rings (SSSR count). The number of thiazole rings is 1. The van der Waals surface area contributed by atoms with E-state index in [4.69, 9.17) is 4.74 Å². The Labute approximate surface area is 178 Å². The Morgan fingerprint density at radius 1 is 1.07 bits per heavy atom. The third kappa shape index (κ3) is 3.27. The molecule has 1 aromatic heterocycles. The number of benzene rings is 2. The van der Waals surface area contributed by atoms with Crippen LogP contribution in [0.3, 0.4) is 0 Å². The van der Waals surface area contributed by atoms with E-state index in [1.807, 2.05) is 44.2 Å². The molecule has 0 aliphatic carbocycles. The zero-order chi connectivity index (χ0) is 21.4. The van der Waals surface area contributed by atoms with Crippen molar-refractivity contribution in [3.63, 3.8) is 0 Å². The molecule has 0 saturated carbocycles. The largest absolute Gasteiger partial charge is 0.507 e. The molecule has 1 saturated heterocycles. The molecule has 1 aliphatic heterocycles. The number of aliphatic hydroxyl groups excluding tert-OH is 1. The number of Topliss-reactive ketones (excluding diaryl/α,β-unsaturated/α-hetero) is 1. The Kier molecular flexibility index (Phi) is 5.13. The number of amides is 1. The van der Waals surface area contributed by atoms with Gasteiger partial charge in [-0.15, -0.1) is 11.3 Å². The molecule has 152 valence electrons. The summed E-state index contributed by atoms with van der Waals surface area (Å²) in [7, 11) is 1.55. The summed E-state index contributed by atoms with van der Waals surface area (Å²) in [5.74, 6) is -1.03. The summed E-state index contributed by atoms with van der Waals surface area (Å²) >= 11 is 1.35. The molecule has 7 heteroatoms. The van der Waals surface area contributed by atoms with Gasteiger partial charge in [0.15, 0.2) is 5.13 Å². The average molecular weight is 420 g/mol. The van der Waals surface area contributed by atoms with Gasteiger partial charge in [-0.05, 0) is 43.7 Å². The Morgan fingerprint density at radius 2 is 1.73 bits per heavy atom. The zero-order valence-electron chi connectivity index (χ0n) is 16.7. The molecule has 2 aromatic carbocycles. The number of hydrogen-bond acceptors (Lipinski definition) is 6. The van der Waals surface area contributed by atoms with E-state index in [0.29, 0.717) is 16.4 Å². The molecule has 2 heterocycles. The fourth-order valence-electron chi connectivity index (χ4n) is 3.44. The van der Waals surface area contributed by atoms with Crippen LogP contribution in [-0.2, 0) is 9.59 Å². The van der Waals surface area contributed by atoms with Crippen molar-refractivity contribution < 1.29 is 19.4 Å². The normalized spacial score (nSPS) is 18.1. The monoisotopic (exact) mass is 420 g/mol. The Bertz CT molecular complexity index is 1130. The maximum Gasteiger partial charge on any atom is 0.301 e. The highest BCUT2D eigenvalue weighted by atomic mass is 32.1. The molecule has 3 aromatic rings. The van der Waals surface area contributed by atoms with Crippen LogP contribution in [0.2, 0.25) is 0 Å². The maximum absolute atomic E-state index is 13.0. The predicted molar refractivity (Wildman–Crippen MR) is 116 cm³/mol. The van der Waals surface area contributed by atoms with Gasteiger partial charge in [0.2, 0.25) is 0 Å². The lowest BCUT2D eigenvalue weighted by Gasteiger charge is -2.23. The number of ether oxygens (including phenoxy) is 1. The van der Waals surface area contributed by atoms with Gasteiger partial charge in [-0.25, -0.2) is 4.98 Å². The van der Waals surface area contributed by atoms with Crippen molar-refractivity contribution >= 4 is 33.9 Å². The summed E-state index contributed by atoms with van der Waals surface area (Å²) in [5, 5.41) is 11.5. The fraction of sp³-hybridized carbons (Fsp3) is 0.174. The summed E-state index contributed by atoms with van der Waals surface area (Å²) in [5.41, 5.74) is 2.00. The molecule has 1 amide bonds. The smallest absolute Gasteiger partial charge is 0.301 e. The second kappa shape index (κ2) is 7.76. The number of ketones is 1. The van der Waals surface area contributed by atoms with Gasteiger partial charge in [-0.3, -0.25) is 14.5 Å². The minimum atomic E-state index is -0.766. The molecule has 1 fully saturated rings. The van der Waals surface area contributed by atoms with E-state index in [0.717, 1.165) is 16.1 Å². The number of anilines is 1. The van der Waals surface area contributed by atoms with Crippen LogP contribution in [0.1, 0.15) is 27.7 Å². The number of nitrogens with zero attached hydrogens (tertiary/aromatic N) is 2. The number of carbonyl (C=O) groups excluding carboxylic acids is 2. The third-order valence-corrected chi connectivity index (χ3v) is 6.22. The lowest BCUT2D eigenvalue weighted by atomic mass is 9.95. The first-order valence-electron chi connectivity index (χ1n) is 9.36. The van der Waals surface area contributed by atoms with E-state index in [9.17, 15) is 14.7 Å². The SMILES string of the molecule is COc1ccc(/C(O)=C2\C(=O)C(=O)N(c3nc(C)c(C)s3)[C@H]2c2ccccc2)cc1. The van der Waals surface area contributed by atoms with E-state index in [1.54, 1.807) is 31.4 Å². The maximum atomic E-state index is 13.0. The molecule has 30 heavy (non-hydrogen) atoms. The highest BCUT2D eigenvalue weighted by molar-refractivity contribution is 7.16. The van der Waals surface area contributed by atoms with Gasteiger partial charge < -0.3 is 9.84 Å². The number of hydrogen-bond donors (Lipinski definition) is 1. The van der Waals surface area contributed by atoms with Crippen molar-refractivity contribution in [2.75, 3.05) is 12.0 Å². The van der Waals surface area contributed by atoms with E-state index < -0.39 is 17.7 Å². The second-order valence-corrected chi connectivity index (χ2v) is 8.13. The summed E-state index contributed by atoms with van der Waals surface area (Å²) in [4.78, 5) is 32.9. The van der Waals surface area contributed by atoms with E-state index in [-0.39, 0.29) is 11.3 Å². The predicted octanol–water partition coefficient (Wildman–Crippen LogP) is 4.39. The van der Waals surface area contributed by atoms with E-state index in [2.05, 4.69) is 4.98 Å². The van der Waals surface area contributed by atoms with Gasteiger partial charge in [0.1, 0.15) is 11.5 Å². The van der Waals surface area contributed by atoms with Gasteiger partial charge >= 0.3 is 5.91 Å². The van der Waals surface area contributed by atoms with Crippen molar-refractivity contribution in [3.05, 3.63) is 81.9 Å². The van der Waals surface area contributed by atoms with Crippen LogP contribution in [0.25, 0.3) is 5.76 Å². The highest BCUT2D eigenvalue weighted by Crippen LogP contribution is 2.43. The van der Waals surface area contributed by atoms with Crippen LogP contribution >= 0.6 is 11.3 Å². The van der Waals surface area contributed by atoms with Crippen molar-refractivity contribution in [3.8, 4) is 5.75 Å². The molecule has 1 atom stereocenters. The minimum absolute atomic E-state index is 0.0434. The second-order valence-electron chi connectivity index (χ2n) is 6.95. The number of aliphatic hydroxyl groups is 1. The molecule has 1 N–H and O–H groups in total. The first kappa shape index (κ1) is 19.8. The van der Waals surface area contributed by atoms with Crippen LogP contribution < -0.4 is 9.64 Å². The Morgan fingerprint density at radius 3 is 2.30 bits per heavy atom. The topological polar surface area (TPSA) is 79.7 Å². The molecule has 0 radical (unpaired) electrons. The van der Waals surface area contributed by atoms with Gasteiger partial charge in [-0.1, -0.05) is 30.3 Å². The molecule has 6 nitrogen and oxygen atoms in total. The van der Waals surface area contributed by atoms with Gasteiger partial charge in [-0.2, -0.15) is 0 Å². The molecule has 0 spiro atoms. The molecular weight excluding hydrogens is 400 g/mol. The third-order valence-electron chi connectivity index (χ3n) is 5.15. The molecule has 0 unspecified atom stereocenters.